The van der Waals surface area contributed by atoms with Crippen LogP contribution in [0.25, 0.3) is 11.1 Å². The van der Waals surface area contributed by atoms with E-state index in [9.17, 15) is 18.0 Å². The predicted octanol–water partition coefficient (Wildman–Crippen LogP) is 4.96. The fraction of sp³-hybridized carbons (Fsp3) is 0.158. The summed E-state index contributed by atoms with van der Waals surface area (Å²) in [5.74, 6) is -0.683. The molecule has 0 saturated heterocycles. The highest BCUT2D eigenvalue weighted by Gasteiger charge is 2.38. The Balaban J connectivity index is 2.01. The number of nitrogens with zero attached hydrogens (tertiary/aromatic N) is 1. The molecule has 1 heterocycles. The van der Waals surface area contributed by atoms with E-state index in [0.717, 1.165) is 11.1 Å². The maximum Gasteiger partial charge on any atom is 0.433 e. The summed E-state index contributed by atoms with van der Waals surface area (Å²) in [4.78, 5) is 12.5. The second-order valence-electron chi connectivity index (χ2n) is 5.94. The van der Waals surface area contributed by atoms with E-state index in [1.54, 1.807) is 36.4 Å². The normalized spacial score (nSPS) is 11.4. The summed E-state index contributed by atoms with van der Waals surface area (Å²) in [6.07, 6.45) is -4.62. The third-order valence-corrected chi connectivity index (χ3v) is 4.11. The van der Waals surface area contributed by atoms with Crippen molar-refractivity contribution in [3.63, 3.8) is 0 Å². The molecule has 0 radical (unpaired) electrons. The van der Waals surface area contributed by atoms with E-state index in [-0.39, 0.29) is 11.4 Å². The highest BCUT2D eigenvalue weighted by Crippen LogP contribution is 2.39. The number of carbonyl (C=O) groups excluding carboxylic acids is 1. The number of nitrogens with one attached hydrogen (secondary N) is 2. The number of anilines is 1. The predicted molar refractivity (Wildman–Crippen MR) is 92.9 cm³/mol. The third kappa shape index (κ3) is 3.46. The zero-order chi connectivity index (χ0) is 18.9. The minimum Gasteiger partial charge on any atom is -0.305 e. The molecule has 7 heteroatoms. The van der Waals surface area contributed by atoms with Crippen molar-refractivity contribution in [1.82, 2.24) is 10.2 Å². The quantitative estimate of drug-likeness (QED) is 0.694. The summed E-state index contributed by atoms with van der Waals surface area (Å²) in [6.45, 7) is 3.77. The minimum atomic E-state index is -4.62. The monoisotopic (exact) mass is 359 g/mol. The van der Waals surface area contributed by atoms with Crippen LogP contribution in [0.1, 0.15) is 27.2 Å². The molecule has 1 amide bonds. The Morgan fingerprint density at radius 1 is 1.04 bits per heavy atom. The molecule has 134 valence electrons. The maximum atomic E-state index is 13.3. The van der Waals surface area contributed by atoms with Gasteiger partial charge in [0.1, 0.15) is 5.69 Å². The second kappa shape index (κ2) is 6.67. The molecule has 0 atom stereocenters. The van der Waals surface area contributed by atoms with Crippen molar-refractivity contribution in [2.24, 2.45) is 0 Å². The topological polar surface area (TPSA) is 57.8 Å². The van der Waals surface area contributed by atoms with Crippen molar-refractivity contribution in [1.29, 1.82) is 0 Å². The van der Waals surface area contributed by atoms with Crippen LogP contribution in [-0.2, 0) is 6.18 Å². The zero-order valence-electron chi connectivity index (χ0n) is 14.1. The average Bonchev–Trinajstić information content (AvgIpc) is 3.02. The fourth-order valence-corrected chi connectivity index (χ4v) is 2.59. The Morgan fingerprint density at radius 3 is 2.35 bits per heavy atom. The van der Waals surface area contributed by atoms with Crippen LogP contribution in [0.4, 0.5) is 19.0 Å². The van der Waals surface area contributed by atoms with Gasteiger partial charge >= 0.3 is 6.18 Å². The molecule has 0 aliphatic rings. The summed E-state index contributed by atoms with van der Waals surface area (Å²) in [5, 5.41) is 8.17. The van der Waals surface area contributed by atoms with Crippen LogP contribution in [0.15, 0.2) is 48.5 Å². The Kier molecular flexibility index (Phi) is 4.54. The van der Waals surface area contributed by atoms with Crippen molar-refractivity contribution >= 4 is 11.7 Å². The Morgan fingerprint density at radius 2 is 1.73 bits per heavy atom. The molecule has 0 fully saturated rings. The van der Waals surface area contributed by atoms with E-state index < -0.39 is 17.8 Å². The Hall–Kier alpha value is -3.09. The number of carbonyl (C=O) groups is 1. The van der Waals surface area contributed by atoms with Gasteiger partial charge in [0.25, 0.3) is 5.91 Å². The molecule has 26 heavy (non-hydrogen) atoms. The van der Waals surface area contributed by atoms with Crippen LogP contribution >= 0.6 is 0 Å². The summed E-state index contributed by atoms with van der Waals surface area (Å²) in [7, 11) is 0. The number of hydrogen-bond donors (Lipinski definition) is 2. The van der Waals surface area contributed by atoms with Gasteiger partial charge in [-0.15, -0.1) is 0 Å². The first-order valence-corrected chi connectivity index (χ1v) is 7.87. The van der Waals surface area contributed by atoms with Crippen molar-refractivity contribution in [3.8, 4) is 11.1 Å². The standard InChI is InChI=1S/C19H16F3N3O/c1-11-8-9-14(10-12(11)2)18(26)23-17-15(13-6-4-3-5-7-13)16(24-25-17)19(20,21)22/h3-10H,1-2H3,(H2,23,24,25,26). The zero-order valence-corrected chi connectivity index (χ0v) is 14.1. The fourth-order valence-electron chi connectivity index (χ4n) is 2.59. The van der Waals surface area contributed by atoms with Gasteiger partial charge in [0.15, 0.2) is 5.82 Å². The molecule has 0 aliphatic heterocycles. The molecule has 2 N–H and O–H groups in total. The van der Waals surface area contributed by atoms with Crippen LogP contribution in [0.3, 0.4) is 0 Å². The average molecular weight is 359 g/mol. The number of H-pyrrole nitrogens is 1. The van der Waals surface area contributed by atoms with Crippen LogP contribution in [-0.4, -0.2) is 16.1 Å². The number of aromatic nitrogens is 2. The third-order valence-electron chi connectivity index (χ3n) is 4.11. The molecule has 0 bridgehead atoms. The van der Waals surface area contributed by atoms with Crippen molar-refractivity contribution in [2.45, 2.75) is 20.0 Å². The van der Waals surface area contributed by atoms with Crippen LogP contribution in [0.5, 0.6) is 0 Å². The van der Waals surface area contributed by atoms with Crippen molar-refractivity contribution in [2.75, 3.05) is 5.32 Å². The lowest BCUT2D eigenvalue weighted by Gasteiger charge is -2.10. The van der Waals surface area contributed by atoms with Crippen LogP contribution in [0, 0.1) is 13.8 Å². The van der Waals surface area contributed by atoms with Gasteiger partial charge in [-0.1, -0.05) is 36.4 Å². The van der Waals surface area contributed by atoms with Crippen molar-refractivity contribution < 1.29 is 18.0 Å². The number of rotatable bonds is 3. The second-order valence-corrected chi connectivity index (χ2v) is 5.94. The molecule has 2 aromatic carbocycles. The Bertz CT molecular complexity index is 946. The van der Waals surface area contributed by atoms with Gasteiger partial charge in [0.2, 0.25) is 0 Å². The molecule has 4 nitrogen and oxygen atoms in total. The van der Waals surface area contributed by atoms with Gasteiger partial charge < -0.3 is 5.32 Å². The van der Waals surface area contributed by atoms with Crippen LogP contribution < -0.4 is 5.32 Å². The first-order chi connectivity index (χ1) is 12.3. The van der Waals surface area contributed by atoms with E-state index in [2.05, 4.69) is 10.4 Å². The molecule has 1 aromatic heterocycles. The number of hydrogen-bond acceptors (Lipinski definition) is 2. The van der Waals surface area contributed by atoms with E-state index in [0.29, 0.717) is 11.1 Å². The van der Waals surface area contributed by atoms with E-state index >= 15 is 0 Å². The molecule has 0 saturated carbocycles. The molecular formula is C19H16F3N3O. The summed E-state index contributed by atoms with van der Waals surface area (Å²) < 4.78 is 40.0. The smallest absolute Gasteiger partial charge is 0.305 e. The maximum absolute atomic E-state index is 13.3. The lowest BCUT2D eigenvalue weighted by atomic mass is 10.0. The molecular weight excluding hydrogens is 343 g/mol. The first kappa shape index (κ1) is 17.7. The molecule has 3 rings (SSSR count). The van der Waals surface area contributed by atoms with Gasteiger partial charge in [-0.2, -0.15) is 18.3 Å². The van der Waals surface area contributed by atoms with Crippen LogP contribution in [0.2, 0.25) is 0 Å². The number of alkyl halides is 3. The van der Waals surface area contributed by atoms with E-state index in [4.69, 9.17) is 0 Å². The van der Waals surface area contributed by atoms with Gasteiger partial charge in [-0.25, -0.2) is 0 Å². The molecule has 0 aliphatic carbocycles. The highest BCUT2D eigenvalue weighted by molar-refractivity contribution is 6.06. The highest BCUT2D eigenvalue weighted by atomic mass is 19.4. The van der Waals surface area contributed by atoms with Gasteiger partial charge in [0, 0.05) is 5.56 Å². The first-order valence-electron chi connectivity index (χ1n) is 7.87. The number of amides is 1. The lowest BCUT2D eigenvalue weighted by Crippen LogP contribution is -2.13. The van der Waals surface area contributed by atoms with E-state index in [1.165, 1.54) is 12.1 Å². The Labute approximate surface area is 148 Å². The molecule has 3 aromatic rings. The largest absolute Gasteiger partial charge is 0.433 e. The summed E-state index contributed by atoms with van der Waals surface area (Å²) in [5.41, 5.74) is 1.41. The number of benzene rings is 2. The minimum absolute atomic E-state index is 0.160. The molecule has 0 spiro atoms. The summed E-state index contributed by atoms with van der Waals surface area (Å²) in [6, 6.07) is 13.1. The number of aromatic amines is 1. The van der Waals surface area contributed by atoms with Gasteiger partial charge in [-0.3, -0.25) is 9.89 Å². The van der Waals surface area contributed by atoms with Gasteiger partial charge in [-0.05, 0) is 42.7 Å². The van der Waals surface area contributed by atoms with Gasteiger partial charge in [0.05, 0.1) is 5.56 Å². The van der Waals surface area contributed by atoms with E-state index in [1.807, 2.05) is 18.9 Å². The SMILES string of the molecule is Cc1ccc(C(=O)Nc2n[nH]c(C(F)(F)F)c2-c2ccccc2)cc1C. The number of halogens is 3. The molecule has 0 unspecified atom stereocenters. The van der Waals surface area contributed by atoms with Crippen molar-refractivity contribution in [3.05, 3.63) is 70.9 Å². The number of aryl methyl sites for hydroxylation is 2. The summed E-state index contributed by atoms with van der Waals surface area (Å²) >= 11 is 0. The lowest BCUT2D eigenvalue weighted by molar-refractivity contribution is -0.140.